The van der Waals surface area contributed by atoms with E-state index in [0.29, 0.717) is 18.7 Å². The lowest BCUT2D eigenvalue weighted by molar-refractivity contribution is -0.137. The Labute approximate surface area is 123 Å². The number of piperidine rings is 1. The molecule has 0 aliphatic carbocycles. The molecule has 3 unspecified atom stereocenters. The van der Waals surface area contributed by atoms with Crippen LogP contribution in [0, 0.1) is 0 Å². The molecule has 2 bridgehead atoms. The summed E-state index contributed by atoms with van der Waals surface area (Å²) >= 11 is 6.29. The van der Waals surface area contributed by atoms with Crippen molar-refractivity contribution >= 4 is 17.5 Å². The van der Waals surface area contributed by atoms with E-state index in [0.717, 1.165) is 37.0 Å². The van der Waals surface area contributed by atoms with E-state index in [-0.39, 0.29) is 17.2 Å². The van der Waals surface area contributed by atoms with Gasteiger partial charge < -0.3 is 9.64 Å². The first-order valence-corrected chi connectivity index (χ1v) is 7.85. The maximum Gasteiger partial charge on any atom is 0.234 e. The quantitative estimate of drug-likeness (QED) is 0.745. The van der Waals surface area contributed by atoms with E-state index in [4.69, 9.17) is 16.3 Å². The third kappa shape index (κ3) is 1.83. The monoisotopic (exact) mass is 291 g/mol. The molecule has 0 radical (unpaired) electrons. The lowest BCUT2D eigenvalue weighted by Crippen LogP contribution is -2.49. The number of fused-ring (bicyclic) bond motifs is 3. The van der Waals surface area contributed by atoms with Crippen LogP contribution in [0.25, 0.3) is 0 Å². The van der Waals surface area contributed by atoms with Gasteiger partial charge in [0.05, 0.1) is 0 Å². The second kappa shape index (κ2) is 4.66. The Hall–Kier alpha value is -1.22. The number of halogens is 1. The highest BCUT2D eigenvalue weighted by molar-refractivity contribution is 6.20. The number of amides is 1. The Morgan fingerprint density at radius 1 is 1.20 bits per heavy atom. The van der Waals surface area contributed by atoms with Gasteiger partial charge in [-0.05, 0) is 31.7 Å². The van der Waals surface area contributed by atoms with Crippen LogP contribution in [-0.2, 0) is 4.79 Å². The summed E-state index contributed by atoms with van der Waals surface area (Å²) in [6.07, 6.45) is 4.10. The van der Waals surface area contributed by atoms with Gasteiger partial charge in [-0.3, -0.25) is 4.79 Å². The van der Waals surface area contributed by atoms with Gasteiger partial charge in [0.2, 0.25) is 5.91 Å². The second-order valence-corrected chi connectivity index (χ2v) is 6.72. The Bertz CT molecular complexity index is 533. The summed E-state index contributed by atoms with van der Waals surface area (Å²) in [6, 6.07) is 8.58. The fourth-order valence-corrected chi connectivity index (χ4v) is 4.43. The van der Waals surface area contributed by atoms with Crippen molar-refractivity contribution in [2.45, 2.75) is 49.1 Å². The highest BCUT2D eigenvalue weighted by Gasteiger charge is 2.46. The molecule has 0 saturated carbocycles. The Morgan fingerprint density at radius 3 is 2.65 bits per heavy atom. The second-order valence-electron chi connectivity index (χ2n) is 6.10. The first-order valence-electron chi connectivity index (χ1n) is 7.42. The normalized spacial score (nSPS) is 34.8. The van der Waals surface area contributed by atoms with Gasteiger partial charge in [0.1, 0.15) is 18.3 Å². The zero-order valence-corrected chi connectivity index (χ0v) is 12.1. The van der Waals surface area contributed by atoms with Crippen molar-refractivity contribution in [1.82, 2.24) is 4.90 Å². The average Bonchev–Trinajstić information content (AvgIpc) is 2.98. The van der Waals surface area contributed by atoms with Gasteiger partial charge in [0.25, 0.3) is 0 Å². The number of hydrogen-bond acceptors (Lipinski definition) is 2. The number of benzene rings is 1. The minimum absolute atomic E-state index is 0.124. The third-order valence-electron chi connectivity index (χ3n) is 4.93. The summed E-state index contributed by atoms with van der Waals surface area (Å²) in [6.45, 7) is 0.485. The van der Waals surface area contributed by atoms with Crippen LogP contribution in [0.4, 0.5) is 0 Å². The van der Waals surface area contributed by atoms with Crippen LogP contribution in [0.1, 0.15) is 37.2 Å². The number of nitrogens with zero attached hydrogens (tertiary/aromatic N) is 1. The number of ether oxygens (including phenoxy) is 1. The highest BCUT2D eigenvalue weighted by Crippen LogP contribution is 2.42. The number of carbonyl (C=O) groups excluding carboxylic acids is 1. The lowest BCUT2D eigenvalue weighted by atomic mass is 9.95. The molecule has 20 heavy (non-hydrogen) atoms. The SMILES string of the molecule is O=C(C1COc2ccccc21)N1C2CCC1CC(Cl)C2. The molecule has 0 N–H and O–H groups in total. The molecule has 0 spiro atoms. The van der Waals surface area contributed by atoms with Gasteiger partial charge in [0.15, 0.2) is 0 Å². The molecule has 4 rings (SSSR count). The Morgan fingerprint density at radius 2 is 1.90 bits per heavy atom. The molecular weight excluding hydrogens is 274 g/mol. The van der Waals surface area contributed by atoms with E-state index < -0.39 is 0 Å². The molecule has 3 heterocycles. The predicted molar refractivity (Wildman–Crippen MR) is 77.2 cm³/mol. The van der Waals surface area contributed by atoms with E-state index in [2.05, 4.69) is 4.90 Å². The first-order chi connectivity index (χ1) is 9.74. The van der Waals surface area contributed by atoms with Crippen molar-refractivity contribution in [2.24, 2.45) is 0 Å². The first kappa shape index (κ1) is 12.5. The molecule has 1 aromatic rings. The van der Waals surface area contributed by atoms with E-state index in [1.807, 2.05) is 24.3 Å². The third-order valence-corrected chi connectivity index (χ3v) is 5.28. The molecule has 3 atom stereocenters. The van der Waals surface area contributed by atoms with Crippen LogP contribution in [0.3, 0.4) is 0 Å². The zero-order valence-electron chi connectivity index (χ0n) is 11.3. The van der Waals surface area contributed by atoms with Crippen LogP contribution in [0.5, 0.6) is 5.75 Å². The molecule has 3 aliphatic heterocycles. The highest BCUT2D eigenvalue weighted by atomic mass is 35.5. The molecule has 2 saturated heterocycles. The average molecular weight is 292 g/mol. The zero-order chi connectivity index (χ0) is 13.7. The Balaban J connectivity index is 1.60. The van der Waals surface area contributed by atoms with Gasteiger partial charge >= 0.3 is 0 Å². The van der Waals surface area contributed by atoms with Crippen molar-refractivity contribution in [1.29, 1.82) is 0 Å². The topological polar surface area (TPSA) is 29.5 Å². The minimum atomic E-state index is -0.124. The predicted octanol–water partition coefficient (Wildman–Crippen LogP) is 2.92. The molecule has 106 valence electrons. The largest absolute Gasteiger partial charge is 0.492 e. The van der Waals surface area contributed by atoms with Crippen molar-refractivity contribution in [3.8, 4) is 5.75 Å². The van der Waals surface area contributed by atoms with E-state index in [9.17, 15) is 4.79 Å². The summed E-state index contributed by atoms with van der Waals surface area (Å²) in [4.78, 5) is 15.1. The summed E-state index contributed by atoms with van der Waals surface area (Å²) in [5, 5.41) is 0.240. The molecule has 1 aromatic carbocycles. The number of rotatable bonds is 1. The minimum Gasteiger partial charge on any atom is -0.492 e. The smallest absolute Gasteiger partial charge is 0.234 e. The fourth-order valence-electron chi connectivity index (χ4n) is 4.02. The maximum absolute atomic E-state index is 12.9. The van der Waals surface area contributed by atoms with Gasteiger partial charge in [-0.25, -0.2) is 0 Å². The Kier molecular flexibility index (Phi) is 2.92. The number of hydrogen-bond donors (Lipinski definition) is 0. The molecular formula is C16H18ClNO2. The molecule has 2 fully saturated rings. The van der Waals surface area contributed by atoms with Crippen LogP contribution in [0.15, 0.2) is 24.3 Å². The lowest BCUT2D eigenvalue weighted by Gasteiger charge is -2.38. The number of para-hydroxylation sites is 1. The van der Waals surface area contributed by atoms with Crippen molar-refractivity contribution in [3.05, 3.63) is 29.8 Å². The molecule has 3 nitrogen and oxygen atoms in total. The van der Waals surface area contributed by atoms with Crippen molar-refractivity contribution in [2.75, 3.05) is 6.61 Å². The summed E-state index contributed by atoms with van der Waals surface area (Å²) < 4.78 is 5.66. The summed E-state index contributed by atoms with van der Waals surface area (Å²) in [5.41, 5.74) is 1.05. The van der Waals surface area contributed by atoms with E-state index >= 15 is 0 Å². The van der Waals surface area contributed by atoms with Crippen molar-refractivity contribution < 1.29 is 9.53 Å². The van der Waals surface area contributed by atoms with Crippen LogP contribution >= 0.6 is 11.6 Å². The fraction of sp³-hybridized carbons (Fsp3) is 0.562. The number of carbonyl (C=O) groups is 1. The molecule has 3 aliphatic rings. The van der Waals surface area contributed by atoms with E-state index in [1.54, 1.807) is 0 Å². The van der Waals surface area contributed by atoms with E-state index in [1.165, 1.54) is 0 Å². The standard InChI is InChI=1S/C16H18ClNO2/c17-10-7-11-5-6-12(8-10)18(11)16(19)14-9-20-15-4-2-1-3-13(14)15/h1-4,10-12,14H,5-9H2. The maximum atomic E-state index is 12.9. The molecule has 4 heteroatoms. The molecule has 1 amide bonds. The van der Waals surface area contributed by atoms with Gasteiger partial charge in [-0.1, -0.05) is 18.2 Å². The van der Waals surface area contributed by atoms with Gasteiger partial charge in [0, 0.05) is 23.0 Å². The molecule has 0 aromatic heterocycles. The van der Waals surface area contributed by atoms with Crippen molar-refractivity contribution in [3.63, 3.8) is 0 Å². The summed E-state index contributed by atoms with van der Waals surface area (Å²) in [7, 11) is 0. The summed E-state index contributed by atoms with van der Waals surface area (Å²) in [5.74, 6) is 0.984. The van der Waals surface area contributed by atoms with Gasteiger partial charge in [-0.15, -0.1) is 11.6 Å². The number of alkyl halides is 1. The van der Waals surface area contributed by atoms with Crippen LogP contribution < -0.4 is 4.74 Å². The van der Waals surface area contributed by atoms with Crippen LogP contribution in [0.2, 0.25) is 0 Å². The van der Waals surface area contributed by atoms with Crippen LogP contribution in [-0.4, -0.2) is 34.9 Å². The van der Waals surface area contributed by atoms with Gasteiger partial charge in [-0.2, -0.15) is 0 Å².